The van der Waals surface area contributed by atoms with E-state index in [9.17, 15) is 18.0 Å². The second-order valence-electron chi connectivity index (χ2n) is 9.48. The third kappa shape index (κ3) is 7.32. The fourth-order valence-corrected chi connectivity index (χ4v) is 6.10. The van der Waals surface area contributed by atoms with Crippen molar-refractivity contribution in [2.45, 2.75) is 51.6 Å². The average Bonchev–Trinajstić information content (AvgIpc) is 2.88. The number of hydrogen-bond donors (Lipinski definition) is 1. The first kappa shape index (κ1) is 30.5. The van der Waals surface area contributed by atoms with Gasteiger partial charge in [0.15, 0.2) is 0 Å². The van der Waals surface area contributed by atoms with Crippen LogP contribution >= 0.6 is 23.2 Å². The van der Waals surface area contributed by atoms with Crippen LogP contribution in [0.25, 0.3) is 0 Å². The largest absolute Gasteiger partial charge is 0.357 e. The minimum absolute atomic E-state index is 0.0346. The minimum Gasteiger partial charge on any atom is -0.357 e. The van der Waals surface area contributed by atoms with E-state index in [2.05, 4.69) is 5.32 Å². The molecule has 0 aliphatic heterocycles. The summed E-state index contributed by atoms with van der Waals surface area (Å²) < 4.78 is 29.0. The van der Waals surface area contributed by atoms with Crippen molar-refractivity contribution in [3.05, 3.63) is 93.0 Å². The molecule has 1 N–H and O–H groups in total. The minimum atomic E-state index is -4.13. The van der Waals surface area contributed by atoms with Gasteiger partial charge in [0.25, 0.3) is 10.0 Å². The van der Waals surface area contributed by atoms with Gasteiger partial charge in [-0.25, -0.2) is 8.42 Å². The molecule has 0 aromatic heterocycles. The number of nitrogens with zero attached hydrogens (tertiary/aromatic N) is 2. The average molecular weight is 591 g/mol. The summed E-state index contributed by atoms with van der Waals surface area (Å²) in [5.74, 6) is -0.892. The Bertz CT molecular complexity index is 1440. The van der Waals surface area contributed by atoms with Gasteiger partial charge in [-0.05, 0) is 80.3 Å². The Morgan fingerprint density at radius 3 is 2.03 bits per heavy atom. The number of benzene rings is 3. The smallest absolute Gasteiger partial charge is 0.264 e. The lowest BCUT2D eigenvalue weighted by Crippen LogP contribution is -2.51. The zero-order valence-corrected chi connectivity index (χ0v) is 25.0. The van der Waals surface area contributed by atoms with Crippen LogP contribution in [-0.2, 0) is 26.2 Å². The molecule has 0 saturated heterocycles. The molecule has 10 heteroatoms. The van der Waals surface area contributed by atoms with Crippen LogP contribution in [0.5, 0.6) is 0 Å². The summed E-state index contributed by atoms with van der Waals surface area (Å²) in [5, 5.41) is 3.28. The zero-order chi connectivity index (χ0) is 28.9. The lowest BCUT2D eigenvalue weighted by Gasteiger charge is -2.33. The second kappa shape index (κ2) is 12.9. The molecule has 3 rings (SSSR count). The number of carbonyl (C=O) groups excluding carboxylic acids is 2. The first-order valence-electron chi connectivity index (χ1n) is 12.5. The molecular weight excluding hydrogens is 557 g/mol. The second-order valence-corrected chi connectivity index (χ2v) is 12.2. The third-order valence-corrected chi connectivity index (χ3v) is 8.88. The molecule has 208 valence electrons. The molecule has 7 nitrogen and oxygen atoms in total. The van der Waals surface area contributed by atoms with Crippen molar-refractivity contribution in [2.75, 3.05) is 17.9 Å². The number of aryl methyl sites for hydroxylation is 3. The van der Waals surface area contributed by atoms with E-state index in [-0.39, 0.29) is 17.3 Å². The van der Waals surface area contributed by atoms with E-state index in [1.807, 2.05) is 26.8 Å². The van der Waals surface area contributed by atoms with E-state index in [1.165, 1.54) is 24.1 Å². The van der Waals surface area contributed by atoms with Crippen LogP contribution in [0.3, 0.4) is 0 Å². The fraction of sp³-hybridized carbons (Fsp3) is 0.310. The predicted octanol–water partition coefficient (Wildman–Crippen LogP) is 5.67. The van der Waals surface area contributed by atoms with Gasteiger partial charge in [0.05, 0.1) is 20.6 Å². The Balaban J connectivity index is 2.10. The Hall–Kier alpha value is -3.07. The van der Waals surface area contributed by atoms with Crippen molar-refractivity contribution in [1.82, 2.24) is 10.2 Å². The molecule has 0 heterocycles. The number of rotatable bonds is 10. The molecule has 1 atom stereocenters. The monoisotopic (exact) mass is 589 g/mol. The maximum absolute atomic E-state index is 14.0. The Kier molecular flexibility index (Phi) is 10.0. The van der Waals surface area contributed by atoms with Crippen molar-refractivity contribution in [1.29, 1.82) is 0 Å². The number of carbonyl (C=O) groups is 2. The summed E-state index contributed by atoms with van der Waals surface area (Å²) in [6.45, 7) is 6.92. The van der Waals surface area contributed by atoms with E-state index in [4.69, 9.17) is 23.2 Å². The zero-order valence-electron chi connectivity index (χ0n) is 22.7. The Labute approximate surface area is 240 Å². The summed E-state index contributed by atoms with van der Waals surface area (Å²) in [4.78, 5) is 28.3. The SMILES string of the molecule is CCC(C(=O)NC)N(Cc1ccc(Cl)c(Cl)c1)C(=O)CN(c1cc(C)cc(C)c1)S(=O)(=O)c1ccc(C)cc1. The van der Waals surface area contributed by atoms with Crippen molar-refractivity contribution in [2.24, 2.45) is 0 Å². The molecule has 0 radical (unpaired) electrons. The van der Waals surface area contributed by atoms with Crippen LogP contribution in [-0.4, -0.2) is 44.8 Å². The number of anilines is 1. The van der Waals surface area contributed by atoms with E-state index in [0.29, 0.717) is 27.7 Å². The Morgan fingerprint density at radius 2 is 1.49 bits per heavy atom. The molecule has 0 bridgehead atoms. The van der Waals surface area contributed by atoms with Crippen molar-refractivity contribution in [3.8, 4) is 0 Å². The molecule has 3 aromatic rings. The highest BCUT2D eigenvalue weighted by atomic mass is 35.5. The first-order chi connectivity index (χ1) is 18.4. The maximum Gasteiger partial charge on any atom is 0.264 e. The molecule has 0 fully saturated rings. The maximum atomic E-state index is 14.0. The molecular formula is C29H33Cl2N3O4S. The highest BCUT2D eigenvalue weighted by Gasteiger charge is 2.33. The van der Waals surface area contributed by atoms with E-state index in [0.717, 1.165) is 21.0 Å². The van der Waals surface area contributed by atoms with Crippen LogP contribution in [0, 0.1) is 20.8 Å². The standard InChI is InChI=1S/C29H33Cl2N3O4S/c1-6-27(29(36)32-5)33(17-22-9-12-25(30)26(31)16-22)28(35)18-34(23-14-20(3)13-21(4)15-23)39(37,38)24-10-7-19(2)8-11-24/h7-16,27H,6,17-18H2,1-5H3,(H,32,36). The number of likely N-dealkylation sites (N-methyl/N-ethyl adjacent to an activating group) is 1. The fourth-order valence-electron chi connectivity index (χ4n) is 4.38. The number of halogens is 2. The van der Waals surface area contributed by atoms with Crippen LogP contribution in [0.15, 0.2) is 65.6 Å². The Morgan fingerprint density at radius 1 is 0.872 bits per heavy atom. The van der Waals surface area contributed by atoms with Crippen molar-refractivity contribution in [3.63, 3.8) is 0 Å². The van der Waals surface area contributed by atoms with Crippen molar-refractivity contribution >= 4 is 50.7 Å². The van der Waals surface area contributed by atoms with Gasteiger partial charge in [-0.3, -0.25) is 13.9 Å². The van der Waals surface area contributed by atoms with Gasteiger partial charge in [-0.2, -0.15) is 0 Å². The molecule has 0 aliphatic carbocycles. The summed E-state index contributed by atoms with van der Waals surface area (Å²) >= 11 is 12.3. The summed E-state index contributed by atoms with van der Waals surface area (Å²) in [6.07, 6.45) is 0.320. The highest BCUT2D eigenvalue weighted by molar-refractivity contribution is 7.92. The normalized spacial score (nSPS) is 12.1. The van der Waals surface area contributed by atoms with Crippen LogP contribution < -0.4 is 9.62 Å². The lowest BCUT2D eigenvalue weighted by atomic mass is 10.1. The number of hydrogen-bond acceptors (Lipinski definition) is 4. The molecule has 39 heavy (non-hydrogen) atoms. The number of nitrogens with one attached hydrogen (secondary N) is 1. The van der Waals surface area contributed by atoms with E-state index in [1.54, 1.807) is 49.4 Å². The van der Waals surface area contributed by atoms with Gasteiger partial charge in [0.2, 0.25) is 11.8 Å². The topological polar surface area (TPSA) is 86.8 Å². The van der Waals surface area contributed by atoms with Crippen LogP contribution in [0.1, 0.15) is 35.6 Å². The lowest BCUT2D eigenvalue weighted by molar-refractivity contribution is -0.140. The quantitative estimate of drug-likeness (QED) is 0.330. The third-order valence-electron chi connectivity index (χ3n) is 6.35. The molecule has 0 saturated carbocycles. The van der Waals surface area contributed by atoms with Crippen LogP contribution in [0.2, 0.25) is 10.0 Å². The highest BCUT2D eigenvalue weighted by Crippen LogP contribution is 2.28. The summed E-state index contributed by atoms with van der Waals surface area (Å²) in [6, 6.07) is 16.0. The summed E-state index contributed by atoms with van der Waals surface area (Å²) in [5.41, 5.74) is 3.63. The van der Waals surface area contributed by atoms with Gasteiger partial charge < -0.3 is 10.2 Å². The van der Waals surface area contributed by atoms with E-state index >= 15 is 0 Å². The molecule has 0 spiro atoms. The first-order valence-corrected chi connectivity index (χ1v) is 14.7. The predicted molar refractivity (Wildman–Crippen MR) is 157 cm³/mol. The number of sulfonamides is 1. The molecule has 3 aromatic carbocycles. The van der Waals surface area contributed by atoms with Gasteiger partial charge >= 0.3 is 0 Å². The molecule has 1 unspecified atom stereocenters. The molecule has 2 amide bonds. The van der Waals surface area contributed by atoms with Gasteiger partial charge in [0, 0.05) is 13.6 Å². The van der Waals surface area contributed by atoms with Gasteiger partial charge in [0.1, 0.15) is 12.6 Å². The van der Waals surface area contributed by atoms with Crippen molar-refractivity contribution < 1.29 is 18.0 Å². The van der Waals surface area contributed by atoms with Gasteiger partial charge in [-0.1, -0.05) is 60.0 Å². The van der Waals surface area contributed by atoms with Gasteiger partial charge in [-0.15, -0.1) is 0 Å². The molecule has 0 aliphatic rings. The summed E-state index contributed by atoms with van der Waals surface area (Å²) in [7, 11) is -2.63. The van der Waals surface area contributed by atoms with Crippen LogP contribution in [0.4, 0.5) is 5.69 Å². The number of amides is 2. The van der Waals surface area contributed by atoms with E-state index < -0.39 is 28.5 Å².